The molecule has 0 aliphatic carbocycles. The van der Waals surface area contributed by atoms with Gasteiger partial charge in [0.2, 0.25) is 0 Å². The third-order valence-corrected chi connectivity index (χ3v) is 2.71. The van der Waals surface area contributed by atoms with Crippen molar-refractivity contribution < 1.29 is 15.3 Å². The number of rotatable bonds is 9. The van der Waals surface area contributed by atoms with Gasteiger partial charge >= 0.3 is 0 Å². The van der Waals surface area contributed by atoms with Crippen molar-refractivity contribution >= 4 is 0 Å². The predicted molar refractivity (Wildman–Crippen MR) is 61.6 cm³/mol. The van der Waals surface area contributed by atoms with Gasteiger partial charge in [0.25, 0.3) is 0 Å². The lowest BCUT2D eigenvalue weighted by molar-refractivity contribution is 0.0685. The Labute approximate surface area is 93.1 Å². The summed E-state index contributed by atoms with van der Waals surface area (Å²) < 4.78 is 0. The van der Waals surface area contributed by atoms with E-state index < -0.39 is 0 Å². The molecule has 0 fully saturated rings. The highest BCUT2D eigenvalue weighted by Crippen LogP contribution is 2.17. The van der Waals surface area contributed by atoms with Crippen molar-refractivity contribution in [2.45, 2.75) is 64.6 Å². The molecule has 0 spiro atoms. The smallest absolute Gasteiger partial charge is 0.0543 e. The summed E-state index contributed by atoms with van der Waals surface area (Å²) in [6.07, 6.45) is 4.01. The fraction of sp³-hybridized carbons (Fsp3) is 1.00. The van der Waals surface area contributed by atoms with E-state index in [2.05, 4.69) is 0 Å². The van der Waals surface area contributed by atoms with Gasteiger partial charge in [0.15, 0.2) is 0 Å². The summed E-state index contributed by atoms with van der Waals surface area (Å²) in [6.45, 7) is 4.12. The highest BCUT2D eigenvalue weighted by Gasteiger charge is 2.16. The molecule has 0 amide bonds. The van der Waals surface area contributed by atoms with Crippen LogP contribution in [0.1, 0.15) is 52.4 Å². The molecule has 0 radical (unpaired) electrons. The average Bonchev–Trinajstić information content (AvgIpc) is 2.17. The lowest BCUT2D eigenvalue weighted by Crippen LogP contribution is -2.21. The van der Waals surface area contributed by atoms with Crippen molar-refractivity contribution in [2.75, 3.05) is 6.61 Å². The van der Waals surface area contributed by atoms with E-state index in [1.54, 1.807) is 0 Å². The monoisotopic (exact) mass is 218 g/mol. The second kappa shape index (κ2) is 9.13. The minimum absolute atomic E-state index is 0.0353. The zero-order chi connectivity index (χ0) is 11.7. The van der Waals surface area contributed by atoms with E-state index in [9.17, 15) is 10.2 Å². The van der Waals surface area contributed by atoms with E-state index in [0.717, 1.165) is 25.7 Å². The van der Waals surface area contributed by atoms with E-state index in [4.69, 9.17) is 5.11 Å². The van der Waals surface area contributed by atoms with Crippen LogP contribution < -0.4 is 0 Å². The van der Waals surface area contributed by atoms with Gasteiger partial charge in [0, 0.05) is 6.61 Å². The van der Waals surface area contributed by atoms with E-state index in [1.807, 2.05) is 13.8 Å². The molecule has 0 saturated carbocycles. The summed E-state index contributed by atoms with van der Waals surface area (Å²) >= 11 is 0. The predicted octanol–water partition coefficient (Wildman–Crippen LogP) is 1.70. The molecule has 0 heterocycles. The molecule has 0 aliphatic heterocycles. The summed E-state index contributed by atoms with van der Waals surface area (Å²) in [5.41, 5.74) is 0. The Morgan fingerprint density at radius 1 is 0.867 bits per heavy atom. The van der Waals surface area contributed by atoms with Gasteiger partial charge in [0.05, 0.1) is 12.2 Å². The number of hydrogen-bond acceptors (Lipinski definition) is 3. The first-order chi connectivity index (χ1) is 7.13. The van der Waals surface area contributed by atoms with Crippen molar-refractivity contribution in [3.8, 4) is 0 Å². The van der Waals surface area contributed by atoms with Crippen LogP contribution >= 0.6 is 0 Å². The Hall–Kier alpha value is -0.120. The second-order valence-electron chi connectivity index (χ2n) is 4.41. The normalized spacial score (nSPS) is 17.4. The van der Waals surface area contributed by atoms with Gasteiger partial charge in [-0.05, 0) is 31.6 Å². The fourth-order valence-electron chi connectivity index (χ4n) is 1.92. The van der Waals surface area contributed by atoms with Gasteiger partial charge in [-0.1, -0.05) is 26.7 Å². The molecular formula is C12H26O3. The molecule has 0 aliphatic rings. The molecule has 0 rings (SSSR count). The number of hydrogen-bond donors (Lipinski definition) is 3. The summed E-state index contributed by atoms with van der Waals surface area (Å²) in [6, 6.07) is 0. The maximum absolute atomic E-state index is 9.60. The van der Waals surface area contributed by atoms with E-state index in [-0.39, 0.29) is 24.7 Å². The lowest BCUT2D eigenvalue weighted by Gasteiger charge is -2.20. The molecule has 92 valence electrons. The van der Waals surface area contributed by atoms with Crippen molar-refractivity contribution in [3.05, 3.63) is 0 Å². The van der Waals surface area contributed by atoms with Crippen molar-refractivity contribution in [3.63, 3.8) is 0 Å². The van der Waals surface area contributed by atoms with Crippen LogP contribution in [0.2, 0.25) is 0 Å². The fourth-order valence-corrected chi connectivity index (χ4v) is 1.92. The molecule has 0 bridgehead atoms. The molecule has 0 aromatic carbocycles. The summed E-state index contributed by atoms with van der Waals surface area (Å²) in [4.78, 5) is 0. The van der Waals surface area contributed by atoms with Crippen molar-refractivity contribution in [2.24, 2.45) is 5.92 Å². The molecule has 2 unspecified atom stereocenters. The second-order valence-corrected chi connectivity index (χ2v) is 4.41. The Balaban J connectivity index is 3.80. The Kier molecular flexibility index (Phi) is 9.06. The molecule has 3 heteroatoms. The highest BCUT2D eigenvalue weighted by molar-refractivity contribution is 4.68. The zero-order valence-electron chi connectivity index (χ0n) is 10.0. The van der Waals surface area contributed by atoms with E-state index in [1.165, 1.54) is 0 Å². The summed E-state index contributed by atoms with van der Waals surface area (Å²) in [5, 5.41) is 28.3. The maximum Gasteiger partial charge on any atom is 0.0543 e. The number of aliphatic hydroxyl groups is 3. The molecule has 15 heavy (non-hydrogen) atoms. The highest BCUT2D eigenvalue weighted by atomic mass is 16.3. The van der Waals surface area contributed by atoms with Crippen LogP contribution in [0.5, 0.6) is 0 Å². The van der Waals surface area contributed by atoms with Crippen LogP contribution in [0.15, 0.2) is 0 Å². The Bertz CT molecular complexity index is 125. The van der Waals surface area contributed by atoms with Crippen LogP contribution in [0.4, 0.5) is 0 Å². The van der Waals surface area contributed by atoms with Crippen LogP contribution in [-0.4, -0.2) is 34.1 Å². The SMILES string of the molecule is CCCC(O)CC(CO)CC(O)CCC. The van der Waals surface area contributed by atoms with Gasteiger partial charge in [-0.2, -0.15) is 0 Å². The zero-order valence-corrected chi connectivity index (χ0v) is 10.0. The van der Waals surface area contributed by atoms with Crippen molar-refractivity contribution in [1.82, 2.24) is 0 Å². The molecule has 0 aromatic rings. The molecule has 3 nitrogen and oxygen atoms in total. The van der Waals surface area contributed by atoms with Gasteiger partial charge in [-0.15, -0.1) is 0 Å². The minimum atomic E-state index is -0.332. The van der Waals surface area contributed by atoms with Crippen molar-refractivity contribution in [1.29, 1.82) is 0 Å². The Morgan fingerprint density at radius 2 is 1.27 bits per heavy atom. The topological polar surface area (TPSA) is 60.7 Å². The van der Waals surface area contributed by atoms with E-state index >= 15 is 0 Å². The van der Waals surface area contributed by atoms with Gasteiger partial charge in [-0.25, -0.2) is 0 Å². The minimum Gasteiger partial charge on any atom is -0.396 e. The van der Waals surface area contributed by atoms with E-state index in [0.29, 0.717) is 12.8 Å². The quantitative estimate of drug-likeness (QED) is 0.552. The average molecular weight is 218 g/mol. The molecule has 3 N–H and O–H groups in total. The molecule has 2 atom stereocenters. The summed E-state index contributed by atoms with van der Waals surface area (Å²) in [5.74, 6) is 0.0353. The molecular weight excluding hydrogens is 192 g/mol. The van der Waals surface area contributed by atoms with Crippen LogP contribution in [0.25, 0.3) is 0 Å². The lowest BCUT2D eigenvalue weighted by atomic mass is 9.93. The molecule has 0 aromatic heterocycles. The third-order valence-electron chi connectivity index (χ3n) is 2.71. The summed E-state index contributed by atoms with van der Waals surface area (Å²) in [7, 11) is 0. The van der Waals surface area contributed by atoms with Gasteiger partial charge in [0.1, 0.15) is 0 Å². The standard InChI is InChI=1S/C12H26O3/c1-3-5-11(14)7-10(9-13)8-12(15)6-4-2/h10-15H,3-9H2,1-2H3. The maximum atomic E-state index is 9.60. The van der Waals surface area contributed by atoms with Gasteiger partial charge < -0.3 is 15.3 Å². The number of aliphatic hydroxyl groups excluding tert-OH is 3. The first-order valence-corrected chi connectivity index (χ1v) is 6.10. The Morgan fingerprint density at radius 3 is 1.53 bits per heavy atom. The molecule has 0 saturated heterocycles. The van der Waals surface area contributed by atoms with Crippen LogP contribution in [0.3, 0.4) is 0 Å². The first kappa shape index (κ1) is 14.9. The van der Waals surface area contributed by atoms with Gasteiger partial charge in [-0.3, -0.25) is 0 Å². The van der Waals surface area contributed by atoms with Crippen LogP contribution in [-0.2, 0) is 0 Å². The van der Waals surface area contributed by atoms with Crippen LogP contribution in [0, 0.1) is 5.92 Å². The first-order valence-electron chi connectivity index (χ1n) is 6.10. The third kappa shape index (κ3) is 7.77. The largest absolute Gasteiger partial charge is 0.396 e.